The van der Waals surface area contributed by atoms with Crippen LogP contribution in [-0.2, 0) is 10.9 Å². The zero-order chi connectivity index (χ0) is 33.7. The molecule has 242 valence electrons. The molecule has 0 unspecified atom stereocenters. The van der Waals surface area contributed by atoms with Crippen LogP contribution in [0.4, 0.5) is 13.2 Å². The van der Waals surface area contributed by atoms with Gasteiger partial charge in [0.2, 0.25) is 11.7 Å². The highest BCUT2D eigenvalue weighted by molar-refractivity contribution is 7.13. The maximum atomic E-state index is 13.2. The van der Waals surface area contributed by atoms with Gasteiger partial charge in [-0.3, -0.25) is 4.98 Å². The van der Waals surface area contributed by atoms with Crippen LogP contribution in [0, 0.1) is 6.92 Å². The summed E-state index contributed by atoms with van der Waals surface area (Å²) < 4.78 is 53.3. The molecule has 0 saturated heterocycles. The number of nitrogens with zero attached hydrogens (tertiary/aromatic N) is 7. The Morgan fingerprint density at radius 3 is 2.17 bits per heavy atom. The normalized spacial score (nSPS) is 11.2. The van der Waals surface area contributed by atoms with Gasteiger partial charge in [0, 0.05) is 63.3 Å². The molecule has 5 heterocycles. The predicted molar refractivity (Wildman–Crippen MR) is 176 cm³/mol. The highest BCUT2D eigenvalue weighted by Gasteiger charge is 2.34. The number of esters is 1. The third-order valence-electron chi connectivity index (χ3n) is 6.60. The van der Waals surface area contributed by atoms with E-state index in [4.69, 9.17) is 9.26 Å². The van der Waals surface area contributed by atoms with Crippen molar-refractivity contribution in [3.63, 3.8) is 0 Å². The van der Waals surface area contributed by atoms with Gasteiger partial charge in [-0.2, -0.15) is 18.2 Å². The molecule has 48 heavy (non-hydrogen) atoms. The maximum absolute atomic E-state index is 13.2. The third-order valence-corrected chi connectivity index (χ3v) is 8.88. The predicted octanol–water partition coefficient (Wildman–Crippen LogP) is 8.75. The van der Waals surface area contributed by atoms with Gasteiger partial charge >= 0.3 is 12.1 Å². The standard InChI is InChI=1S/C18H11F3N4OS.C14H11N3O2S2/c1-10-23-16(25-26-10)12-4-2-11(3-5-12)15-9-27-17(24-15)13-8-22-7-6-14(13)18(19,20)21;1-2-19-14(18)12-7-20-13(15-12)10-5-3-9(4-6-10)11-8-21-17-16-11/h2-9H,1H3;3-8H,2H2,1H3. The average molecular weight is 706 g/mol. The lowest BCUT2D eigenvalue weighted by molar-refractivity contribution is -0.137. The largest absolute Gasteiger partial charge is 0.461 e. The SMILES string of the molecule is CCOC(=O)c1csc(-c2ccc(-c3csnn3)cc2)n1.Cc1nc(-c2ccc(-c3csc(-c4cnccc4C(F)(F)F)n3)cc2)no1. The van der Waals surface area contributed by atoms with Crippen LogP contribution in [-0.4, -0.2) is 47.3 Å². The van der Waals surface area contributed by atoms with Crippen molar-refractivity contribution in [1.82, 2.24) is 34.7 Å². The number of ether oxygens (including phenoxy) is 1. The molecule has 10 nitrogen and oxygen atoms in total. The smallest absolute Gasteiger partial charge is 0.417 e. The maximum Gasteiger partial charge on any atom is 0.417 e. The zero-order valence-electron chi connectivity index (χ0n) is 25.0. The molecule has 0 amide bonds. The van der Waals surface area contributed by atoms with Crippen LogP contribution in [0.25, 0.3) is 55.0 Å². The van der Waals surface area contributed by atoms with E-state index in [0.29, 0.717) is 29.7 Å². The molecule has 0 N–H and O–H groups in total. The number of halogens is 3. The fourth-order valence-corrected chi connectivity index (χ4v) is 6.44. The summed E-state index contributed by atoms with van der Waals surface area (Å²) in [5.74, 6) is 0.559. The minimum Gasteiger partial charge on any atom is -0.461 e. The first-order chi connectivity index (χ1) is 23.2. The van der Waals surface area contributed by atoms with Gasteiger partial charge in [-0.05, 0) is 24.5 Å². The molecule has 0 aliphatic heterocycles. The van der Waals surface area contributed by atoms with Crippen molar-refractivity contribution in [1.29, 1.82) is 0 Å². The number of rotatable bonds is 7. The Balaban J connectivity index is 0.000000173. The zero-order valence-corrected chi connectivity index (χ0v) is 27.5. The fraction of sp³-hybridized carbons (Fsp3) is 0.125. The molecule has 0 spiro atoms. The van der Waals surface area contributed by atoms with Crippen LogP contribution in [0.5, 0.6) is 0 Å². The van der Waals surface area contributed by atoms with Crippen molar-refractivity contribution < 1.29 is 27.2 Å². The van der Waals surface area contributed by atoms with E-state index in [1.807, 2.05) is 53.9 Å². The highest BCUT2D eigenvalue weighted by atomic mass is 32.1. The molecule has 16 heteroatoms. The first-order valence-electron chi connectivity index (χ1n) is 14.1. The average Bonchev–Trinajstić information content (AvgIpc) is 3.93. The van der Waals surface area contributed by atoms with Gasteiger partial charge in [0.05, 0.1) is 17.9 Å². The number of carbonyl (C=O) groups is 1. The summed E-state index contributed by atoms with van der Waals surface area (Å²) in [6.07, 6.45) is -2.15. The van der Waals surface area contributed by atoms with Crippen molar-refractivity contribution in [2.24, 2.45) is 0 Å². The van der Waals surface area contributed by atoms with Crippen LogP contribution in [0.1, 0.15) is 28.9 Å². The van der Waals surface area contributed by atoms with Gasteiger partial charge in [-0.15, -0.1) is 27.8 Å². The molecule has 0 saturated carbocycles. The summed E-state index contributed by atoms with van der Waals surface area (Å²) in [7, 11) is 0. The second-order valence-electron chi connectivity index (χ2n) is 9.80. The molecule has 0 fully saturated rings. The van der Waals surface area contributed by atoms with Crippen LogP contribution < -0.4 is 0 Å². The molecule has 7 aromatic rings. The molecular formula is C32H22F3N7O3S3. The van der Waals surface area contributed by atoms with Crippen LogP contribution in [0.2, 0.25) is 0 Å². The molecule has 5 aromatic heterocycles. The van der Waals surface area contributed by atoms with Crippen LogP contribution in [0.3, 0.4) is 0 Å². The summed E-state index contributed by atoms with van der Waals surface area (Å²) in [6, 6.07) is 16.1. The molecular weight excluding hydrogens is 684 g/mol. The molecule has 7 rings (SSSR count). The van der Waals surface area contributed by atoms with Crippen LogP contribution in [0.15, 0.2) is 87.7 Å². The van der Waals surface area contributed by atoms with Gasteiger partial charge in [-0.1, -0.05) is 58.2 Å². The number of aromatic nitrogens is 7. The van der Waals surface area contributed by atoms with Gasteiger partial charge in [0.15, 0.2) is 5.69 Å². The van der Waals surface area contributed by atoms with Crippen molar-refractivity contribution >= 4 is 40.2 Å². The molecule has 0 radical (unpaired) electrons. The highest BCUT2D eigenvalue weighted by Crippen LogP contribution is 2.38. The summed E-state index contributed by atoms with van der Waals surface area (Å²) in [4.78, 5) is 28.2. The topological polar surface area (TPSA) is 130 Å². The monoisotopic (exact) mass is 705 g/mol. The summed E-state index contributed by atoms with van der Waals surface area (Å²) >= 11 is 3.89. The molecule has 0 bridgehead atoms. The number of thiazole rings is 2. The lowest BCUT2D eigenvalue weighted by Crippen LogP contribution is -2.07. The summed E-state index contributed by atoms with van der Waals surface area (Å²) in [5.41, 5.74) is 4.54. The Kier molecular flexibility index (Phi) is 9.75. The quantitative estimate of drug-likeness (QED) is 0.148. The van der Waals surface area contributed by atoms with Crippen LogP contribution >= 0.6 is 34.2 Å². The number of alkyl halides is 3. The number of hydrogen-bond donors (Lipinski definition) is 0. The van der Waals surface area contributed by atoms with E-state index in [2.05, 4.69) is 34.7 Å². The van der Waals surface area contributed by atoms with Crippen molar-refractivity contribution in [3.8, 4) is 55.0 Å². The van der Waals surface area contributed by atoms with E-state index < -0.39 is 11.7 Å². The van der Waals surface area contributed by atoms with Crippen molar-refractivity contribution in [3.05, 3.63) is 100 Å². The second kappa shape index (κ2) is 14.3. The molecule has 2 aromatic carbocycles. The third kappa shape index (κ3) is 7.51. The van der Waals surface area contributed by atoms with E-state index in [1.54, 1.807) is 24.6 Å². The van der Waals surface area contributed by atoms with Crippen molar-refractivity contribution in [2.45, 2.75) is 20.0 Å². The summed E-state index contributed by atoms with van der Waals surface area (Å²) in [6.45, 7) is 3.83. The number of pyridine rings is 1. The van der Waals surface area contributed by atoms with Gasteiger partial charge in [0.1, 0.15) is 15.7 Å². The second-order valence-corrected chi connectivity index (χ2v) is 12.1. The Hall–Kier alpha value is -5.19. The van der Waals surface area contributed by atoms with Gasteiger partial charge < -0.3 is 9.26 Å². The summed E-state index contributed by atoms with van der Waals surface area (Å²) in [5, 5.41) is 14.3. The fourth-order valence-electron chi connectivity index (χ4n) is 4.33. The van der Waals surface area contributed by atoms with E-state index in [-0.39, 0.29) is 16.5 Å². The van der Waals surface area contributed by atoms with E-state index >= 15 is 0 Å². The number of aryl methyl sites for hydroxylation is 1. The van der Waals surface area contributed by atoms with Crippen molar-refractivity contribution in [2.75, 3.05) is 6.61 Å². The lowest BCUT2D eigenvalue weighted by atomic mass is 10.1. The van der Waals surface area contributed by atoms with Gasteiger partial charge in [0.25, 0.3) is 0 Å². The number of hydrogen-bond acceptors (Lipinski definition) is 13. The Labute approximate surface area is 283 Å². The minimum atomic E-state index is -4.46. The number of benzene rings is 2. The first kappa shape index (κ1) is 32.7. The first-order valence-corrected chi connectivity index (χ1v) is 16.7. The van der Waals surface area contributed by atoms with E-state index in [0.717, 1.165) is 56.6 Å². The lowest BCUT2D eigenvalue weighted by Gasteiger charge is -2.09. The molecule has 0 aliphatic rings. The Morgan fingerprint density at radius 1 is 0.833 bits per heavy atom. The van der Waals surface area contributed by atoms with E-state index in [1.165, 1.54) is 29.1 Å². The molecule has 0 aliphatic carbocycles. The molecule has 0 atom stereocenters. The van der Waals surface area contributed by atoms with Gasteiger partial charge in [-0.25, -0.2) is 14.8 Å². The van der Waals surface area contributed by atoms with E-state index in [9.17, 15) is 18.0 Å². The minimum absolute atomic E-state index is 0.0276. The Morgan fingerprint density at radius 2 is 1.52 bits per heavy atom. The Bertz CT molecular complexity index is 2130. The number of carbonyl (C=O) groups excluding carboxylic acids is 1.